The maximum atomic E-state index is 11.5. The molecule has 0 heterocycles. The molecule has 6 heteroatoms. The van der Waals surface area contributed by atoms with E-state index in [0.717, 1.165) is 12.1 Å². The summed E-state index contributed by atoms with van der Waals surface area (Å²) in [5.41, 5.74) is 0.817. The number of benzene rings is 1. The number of ether oxygens (including phenoxy) is 1. The number of nitro groups is 1. The molecule has 6 nitrogen and oxygen atoms in total. The van der Waals surface area contributed by atoms with Gasteiger partial charge in [-0.15, -0.1) is 0 Å². The largest absolute Gasteiger partial charge is 0.465 e. The Hall–Kier alpha value is -2.11. The number of nitrogens with zero attached hydrogens (tertiary/aromatic N) is 2. The summed E-state index contributed by atoms with van der Waals surface area (Å²) in [6, 6.07) is 6.16. The number of anilines is 1. The average molecular weight is 266 g/mol. The molecule has 0 saturated carbocycles. The first-order valence-corrected chi connectivity index (χ1v) is 6.23. The summed E-state index contributed by atoms with van der Waals surface area (Å²) in [7, 11) is 0. The Morgan fingerprint density at radius 1 is 1.32 bits per heavy atom. The van der Waals surface area contributed by atoms with Crippen LogP contribution in [-0.4, -0.2) is 30.6 Å². The van der Waals surface area contributed by atoms with Crippen LogP contribution in [0.3, 0.4) is 0 Å². The zero-order valence-electron chi connectivity index (χ0n) is 11.2. The van der Waals surface area contributed by atoms with Gasteiger partial charge < -0.3 is 9.64 Å². The first-order chi connectivity index (χ1) is 9.08. The molecule has 0 aromatic heterocycles. The van der Waals surface area contributed by atoms with Crippen molar-refractivity contribution in [2.75, 3.05) is 24.6 Å². The molecule has 0 fully saturated rings. The van der Waals surface area contributed by atoms with E-state index in [1.165, 1.54) is 12.1 Å². The smallest absolute Gasteiger partial charge is 0.325 e. The van der Waals surface area contributed by atoms with Crippen molar-refractivity contribution in [2.45, 2.75) is 20.3 Å². The molecule has 0 bridgehead atoms. The third-order valence-corrected chi connectivity index (χ3v) is 2.54. The Morgan fingerprint density at radius 2 is 1.95 bits per heavy atom. The second-order valence-corrected chi connectivity index (χ2v) is 4.00. The van der Waals surface area contributed by atoms with E-state index in [1.54, 1.807) is 19.1 Å². The lowest BCUT2D eigenvalue weighted by Crippen LogP contribution is -2.31. The van der Waals surface area contributed by atoms with Crippen molar-refractivity contribution in [3.05, 3.63) is 34.4 Å². The molecule has 0 radical (unpaired) electrons. The van der Waals surface area contributed by atoms with E-state index in [9.17, 15) is 14.9 Å². The van der Waals surface area contributed by atoms with E-state index in [-0.39, 0.29) is 18.2 Å². The predicted octanol–water partition coefficient (Wildman–Crippen LogP) is 2.37. The summed E-state index contributed by atoms with van der Waals surface area (Å²) in [6.07, 6.45) is 0.871. The zero-order chi connectivity index (χ0) is 14.3. The normalized spacial score (nSPS) is 10.0. The highest BCUT2D eigenvalue weighted by molar-refractivity contribution is 5.76. The molecule has 0 aliphatic rings. The fourth-order valence-corrected chi connectivity index (χ4v) is 1.72. The van der Waals surface area contributed by atoms with Crippen molar-refractivity contribution in [1.29, 1.82) is 0 Å². The molecule has 0 spiro atoms. The lowest BCUT2D eigenvalue weighted by Gasteiger charge is -2.22. The topological polar surface area (TPSA) is 72.7 Å². The molecule has 1 aromatic carbocycles. The number of carbonyl (C=O) groups excluding carboxylic acids is 1. The summed E-state index contributed by atoms with van der Waals surface area (Å²) in [4.78, 5) is 23.5. The quantitative estimate of drug-likeness (QED) is 0.430. The summed E-state index contributed by atoms with van der Waals surface area (Å²) >= 11 is 0. The van der Waals surface area contributed by atoms with Crippen molar-refractivity contribution < 1.29 is 14.5 Å². The van der Waals surface area contributed by atoms with Gasteiger partial charge in [0.25, 0.3) is 5.69 Å². The second-order valence-electron chi connectivity index (χ2n) is 4.00. The molecule has 0 aliphatic heterocycles. The van der Waals surface area contributed by atoms with E-state index >= 15 is 0 Å². The van der Waals surface area contributed by atoms with E-state index in [4.69, 9.17) is 4.74 Å². The lowest BCUT2D eigenvalue weighted by molar-refractivity contribution is -0.384. The first kappa shape index (κ1) is 14.9. The van der Waals surface area contributed by atoms with E-state index in [0.29, 0.717) is 13.2 Å². The number of hydrogen-bond acceptors (Lipinski definition) is 5. The molecular formula is C13H18N2O4. The number of nitro benzene ring substituents is 1. The average Bonchev–Trinajstić information content (AvgIpc) is 2.38. The third-order valence-electron chi connectivity index (χ3n) is 2.54. The molecule has 1 rings (SSSR count). The molecular weight excluding hydrogens is 248 g/mol. The lowest BCUT2D eigenvalue weighted by atomic mass is 10.2. The van der Waals surface area contributed by atoms with Gasteiger partial charge in [0, 0.05) is 24.4 Å². The number of esters is 1. The van der Waals surface area contributed by atoms with E-state index < -0.39 is 4.92 Å². The Bertz CT molecular complexity index is 431. The fraction of sp³-hybridized carbons (Fsp3) is 0.462. The van der Waals surface area contributed by atoms with Gasteiger partial charge in [-0.3, -0.25) is 14.9 Å². The van der Waals surface area contributed by atoms with Crippen molar-refractivity contribution in [3.63, 3.8) is 0 Å². The van der Waals surface area contributed by atoms with Gasteiger partial charge >= 0.3 is 5.97 Å². The number of non-ortho nitro benzene ring substituents is 1. The van der Waals surface area contributed by atoms with Crippen LogP contribution < -0.4 is 4.90 Å². The monoisotopic (exact) mass is 266 g/mol. The molecule has 0 atom stereocenters. The van der Waals surface area contributed by atoms with Crippen LogP contribution in [-0.2, 0) is 9.53 Å². The molecule has 0 saturated heterocycles. The third kappa shape index (κ3) is 4.57. The Kier molecular flexibility index (Phi) is 5.78. The van der Waals surface area contributed by atoms with Gasteiger partial charge in [-0.25, -0.2) is 0 Å². The first-order valence-electron chi connectivity index (χ1n) is 6.23. The minimum absolute atomic E-state index is 0.0383. The van der Waals surface area contributed by atoms with Crippen molar-refractivity contribution in [1.82, 2.24) is 0 Å². The second kappa shape index (κ2) is 7.35. The summed E-state index contributed by atoms with van der Waals surface area (Å²) in [6.45, 7) is 4.95. The zero-order valence-corrected chi connectivity index (χ0v) is 11.2. The number of carbonyl (C=O) groups is 1. The number of rotatable bonds is 7. The molecule has 0 unspecified atom stereocenters. The Morgan fingerprint density at radius 3 is 2.42 bits per heavy atom. The standard InChI is InChI=1S/C13H18N2O4/c1-3-9-14(10-13(16)19-4-2)11-5-7-12(8-6-11)15(17)18/h5-8H,3-4,9-10H2,1-2H3. The van der Waals surface area contributed by atoms with Gasteiger partial charge in [0.2, 0.25) is 0 Å². The van der Waals surface area contributed by atoms with Gasteiger partial charge in [0.15, 0.2) is 0 Å². The fourth-order valence-electron chi connectivity index (χ4n) is 1.72. The molecule has 0 aliphatic carbocycles. The summed E-state index contributed by atoms with van der Waals surface area (Å²) in [5.74, 6) is -0.297. The van der Waals surface area contributed by atoms with Crippen LogP contribution in [0.15, 0.2) is 24.3 Å². The van der Waals surface area contributed by atoms with E-state index in [1.807, 2.05) is 11.8 Å². The highest BCUT2D eigenvalue weighted by Crippen LogP contribution is 2.19. The molecule has 1 aromatic rings. The van der Waals surface area contributed by atoms with Crippen LogP contribution in [0.1, 0.15) is 20.3 Å². The van der Waals surface area contributed by atoms with E-state index in [2.05, 4.69) is 0 Å². The SMILES string of the molecule is CCCN(CC(=O)OCC)c1ccc([N+](=O)[O-])cc1. The van der Waals surface area contributed by atoms with Gasteiger partial charge in [0.1, 0.15) is 6.54 Å². The summed E-state index contributed by atoms with van der Waals surface area (Å²) in [5, 5.41) is 10.6. The molecule has 19 heavy (non-hydrogen) atoms. The minimum Gasteiger partial charge on any atom is -0.465 e. The van der Waals surface area contributed by atoms with Gasteiger partial charge in [-0.2, -0.15) is 0 Å². The molecule has 104 valence electrons. The maximum Gasteiger partial charge on any atom is 0.325 e. The highest BCUT2D eigenvalue weighted by Gasteiger charge is 2.13. The Labute approximate surface area is 112 Å². The van der Waals surface area contributed by atoms with Gasteiger partial charge in [-0.05, 0) is 25.5 Å². The number of hydrogen-bond donors (Lipinski definition) is 0. The summed E-state index contributed by atoms with van der Waals surface area (Å²) < 4.78 is 4.91. The van der Waals surface area contributed by atoms with Gasteiger partial charge in [-0.1, -0.05) is 6.92 Å². The van der Waals surface area contributed by atoms with Crippen LogP contribution in [0.2, 0.25) is 0 Å². The van der Waals surface area contributed by atoms with Crippen LogP contribution in [0.5, 0.6) is 0 Å². The van der Waals surface area contributed by atoms with Crippen LogP contribution >= 0.6 is 0 Å². The van der Waals surface area contributed by atoms with Crippen molar-refractivity contribution in [3.8, 4) is 0 Å². The molecule has 0 amide bonds. The maximum absolute atomic E-state index is 11.5. The Balaban J connectivity index is 2.80. The highest BCUT2D eigenvalue weighted by atomic mass is 16.6. The van der Waals surface area contributed by atoms with Crippen molar-refractivity contribution in [2.24, 2.45) is 0 Å². The minimum atomic E-state index is -0.445. The van der Waals surface area contributed by atoms with Crippen LogP contribution in [0.4, 0.5) is 11.4 Å². The van der Waals surface area contributed by atoms with Crippen LogP contribution in [0, 0.1) is 10.1 Å². The van der Waals surface area contributed by atoms with Gasteiger partial charge in [0.05, 0.1) is 11.5 Å². The van der Waals surface area contributed by atoms with Crippen molar-refractivity contribution >= 4 is 17.3 Å². The predicted molar refractivity (Wildman–Crippen MR) is 72.2 cm³/mol. The van der Waals surface area contributed by atoms with Crippen LogP contribution in [0.25, 0.3) is 0 Å². The molecule has 0 N–H and O–H groups in total.